The van der Waals surface area contributed by atoms with E-state index in [0.29, 0.717) is 5.69 Å². The average Bonchev–Trinajstić information content (AvgIpc) is 2.62. The zero-order valence-electron chi connectivity index (χ0n) is 12.5. The van der Waals surface area contributed by atoms with Crippen LogP contribution in [0.25, 0.3) is 5.65 Å². The molecule has 0 radical (unpaired) electrons. The van der Waals surface area contributed by atoms with Gasteiger partial charge in [0.1, 0.15) is 5.69 Å². The summed E-state index contributed by atoms with van der Waals surface area (Å²) < 4.78 is 39.8. The lowest BCUT2D eigenvalue weighted by atomic mass is 10.1. The number of pyridine rings is 1. The van der Waals surface area contributed by atoms with Crippen LogP contribution in [0.4, 0.5) is 13.2 Å². The van der Waals surface area contributed by atoms with Crippen molar-refractivity contribution < 1.29 is 18.0 Å². The second-order valence-corrected chi connectivity index (χ2v) is 6.43. The van der Waals surface area contributed by atoms with Gasteiger partial charge < -0.3 is 5.32 Å². The second-order valence-electron chi connectivity index (χ2n) is 6.02. The number of fused-ring (bicyclic) bond motifs is 1. The van der Waals surface area contributed by atoms with Crippen molar-refractivity contribution in [1.82, 2.24) is 14.7 Å². The first-order valence-corrected chi connectivity index (χ1v) is 6.86. The average molecular weight is 334 g/mol. The molecule has 0 aliphatic carbocycles. The number of aryl methyl sites for hydroxylation is 1. The molecule has 0 fully saturated rings. The number of nitrogens with zero attached hydrogens (tertiary/aromatic N) is 2. The number of nitrogens with one attached hydrogen (secondary N) is 1. The predicted molar refractivity (Wildman–Crippen MR) is 77.2 cm³/mol. The van der Waals surface area contributed by atoms with Gasteiger partial charge in [-0.1, -0.05) is 11.6 Å². The Balaban J connectivity index is 2.67. The summed E-state index contributed by atoms with van der Waals surface area (Å²) in [4.78, 5) is 16.4. The Hall–Kier alpha value is -1.76. The molecule has 0 aromatic carbocycles. The van der Waals surface area contributed by atoms with Gasteiger partial charge in [0, 0.05) is 11.7 Å². The van der Waals surface area contributed by atoms with Crippen LogP contribution in [0.5, 0.6) is 0 Å². The summed E-state index contributed by atoms with van der Waals surface area (Å²) in [6.07, 6.45) is -3.73. The lowest BCUT2D eigenvalue weighted by Gasteiger charge is -2.20. The van der Waals surface area contributed by atoms with Crippen molar-refractivity contribution in [2.24, 2.45) is 0 Å². The first-order chi connectivity index (χ1) is 9.90. The number of hydrogen-bond acceptors (Lipinski definition) is 2. The summed E-state index contributed by atoms with van der Waals surface area (Å²) in [5.41, 5.74) is -1.00. The van der Waals surface area contributed by atoms with Crippen LogP contribution in [0, 0.1) is 6.92 Å². The molecule has 0 aliphatic rings. The van der Waals surface area contributed by atoms with Gasteiger partial charge in [-0.25, -0.2) is 4.98 Å². The van der Waals surface area contributed by atoms with Gasteiger partial charge in [-0.15, -0.1) is 0 Å². The molecule has 120 valence electrons. The molecule has 1 N–H and O–H groups in total. The smallest absolute Gasteiger partial charge is 0.346 e. The number of rotatable bonds is 1. The maximum Gasteiger partial charge on any atom is 0.417 e. The lowest BCUT2D eigenvalue weighted by molar-refractivity contribution is -0.137. The maximum absolute atomic E-state index is 12.9. The summed E-state index contributed by atoms with van der Waals surface area (Å²) in [6.45, 7) is 6.88. The molecule has 1 amide bonds. The molecule has 4 nitrogen and oxygen atoms in total. The van der Waals surface area contributed by atoms with Gasteiger partial charge in [-0.3, -0.25) is 9.20 Å². The highest BCUT2D eigenvalue weighted by Gasteiger charge is 2.33. The zero-order chi connectivity index (χ0) is 16.9. The Bertz CT molecular complexity index is 744. The molecule has 0 bridgehead atoms. The molecule has 0 saturated heterocycles. The Morgan fingerprint density at radius 3 is 2.41 bits per heavy atom. The van der Waals surface area contributed by atoms with Crippen LogP contribution >= 0.6 is 11.6 Å². The minimum atomic E-state index is -4.56. The largest absolute Gasteiger partial charge is 0.417 e. The summed E-state index contributed by atoms with van der Waals surface area (Å²) in [5.74, 6) is -0.507. The van der Waals surface area contributed by atoms with Crippen molar-refractivity contribution in [3.05, 3.63) is 34.2 Å². The summed E-state index contributed by atoms with van der Waals surface area (Å²) in [5, 5.41) is 2.55. The van der Waals surface area contributed by atoms with Crippen LogP contribution in [0.2, 0.25) is 5.02 Å². The lowest BCUT2D eigenvalue weighted by Crippen LogP contribution is -2.41. The van der Waals surface area contributed by atoms with E-state index in [-0.39, 0.29) is 16.4 Å². The highest BCUT2D eigenvalue weighted by molar-refractivity contribution is 6.33. The first-order valence-electron chi connectivity index (χ1n) is 6.48. The van der Waals surface area contributed by atoms with E-state index in [0.717, 1.165) is 16.7 Å². The van der Waals surface area contributed by atoms with Crippen LogP contribution < -0.4 is 5.32 Å². The highest BCUT2D eigenvalue weighted by atomic mass is 35.5. The molecule has 2 aromatic heterocycles. The zero-order valence-corrected chi connectivity index (χ0v) is 13.2. The van der Waals surface area contributed by atoms with E-state index in [1.54, 1.807) is 27.7 Å². The molecule has 0 atom stereocenters. The number of carbonyl (C=O) groups excluding carboxylic acids is 1. The topological polar surface area (TPSA) is 46.4 Å². The van der Waals surface area contributed by atoms with Crippen molar-refractivity contribution >= 4 is 23.2 Å². The minimum Gasteiger partial charge on any atom is -0.346 e. The Morgan fingerprint density at radius 2 is 1.91 bits per heavy atom. The SMILES string of the molecule is Cc1nc2c(Cl)cc(C(F)(F)F)cn2c1C(=O)NC(C)(C)C. The molecule has 8 heteroatoms. The van der Waals surface area contributed by atoms with Crippen LogP contribution in [-0.4, -0.2) is 20.8 Å². The van der Waals surface area contributed by atoms with Gasteiger partial charge in [-0.2, -0.15) is 13.2 Å². The van der Waals surface area contributed by atoms with E-state index >= 15 is 0 Å². The summed E-state index contributed by atoms with van der Waals surface area (Å²) in [6, 6.07) is 0.800. The van der Waals surface area contributed by atoms with Gasteiger partial charge in [0.15, 0.2) is 5.65 Å². The number of carbonyl (C=O) groups is 1. The molecule has 0 saturated carbocycles. The molecule has 2 rings (SSSR count). The van der Waals surface area contributed by atoms with Crippen molar-refractivity contribution in [3.8, 4) is 0 Å². The van der Waals surface area contributed by atoms with Gasteiger partial charge in [0.25, 0.3) is 5.91 Å². The minimum absolute atomic E-state index is 0.0397. The third-order valence-corrected chi connectivity index (χ3v) is 3.16. The third-order valence-electron chi connectivity index (χ3n) is 2.88. The van der Waals surface area contributed by atoms with Crippen LogP contribution in [0.3, 0.4) is 0 Å². The van der Waals surface area contributed by atoms with Gasteiger partial charge in [0.2, 0.25) is 0 Å². The highest BCUT2D eigenvalue weighted by Crippen LogP contribution is 2.33. The molecule has 2 aromatic rings. The van der Waals surface area contributed by atoms with Crippen LogP contribution in [0.15, 0.2) is 12.3 Å². The van der Waals surface area contributed by atoms with Crippen molar-refractivity contribution in [2.75, 3.05) is 0 Å². The maximum atomic E-state index is 12.9. The number of aromatic nitrogens is 2. The normalized spacial score (nSPS) is 12.7. The fraction of sp³-hybridized carbons (Fsp3) is 0.429. The second kappa shape index (κ2) is 5.15. The Labute approximate surface area is 130 Å². The molecular weight excluding hydrogens is 319 g/mol. The van der Waals surface area contributed by atoms with E-state index in [1.807, 2.05) is 0 Å². The monoisotopic (exact) mass is 333 g/mol. The summed E-state index contributed by atoms with van der Waals surface area (Å²) >= 11 is 5.88. The van der Waals surface area contributed by atoms with E-state index < -0.39 is 23.2 Å². The third kappa shape index (κ3) is 3.19. The fourth-order valence-corrected chi connectivity index (χ4v) is 2.30. The van der Waals surface area contributed by atoms with E-state index in [9.17, 15) is 18.0 Å². The summed E-state index contributed by atoms with van der Waals surface area (Å²) in [7, 11) is 0. The number of amides is 1. The van der Waals surface area contributed by atoms with Gasteiger partial charge in [0.05, 0.1) is 16.3 Å². The molecular formula is C14H15ClF3N3O. The fourth-order valence-electron chi connectivity index (χ4n) is 2.05. The Morgan fingerprint density at radius 1 is 1.32 bits per heavy atom. The standard InChI is InChI=1S/C14H15ClF3N3O/c1-7-10(12(22)20-13(2,3)4)21-6-8(14(16,17)18)5-9(15)11(21)19-7/h5-6H,1-4H3,(H,20,22). The molecule has 0 unspecified atom stereocenters. The molecule has 2 heterocycles. The first kappa shape index (κ1) is 16.6. The Kier molecular flexibility index (Phi) is 3.89. The van der Waals surface area contributed by atoms with E-state index in [1.165, 1.54) is 0 Å². The van der Waals surface area contributed by atoms with E-state index in [4.69, 9.17) is 11.6 Å². The number of alkyl halides is 3. The van der Waals surface area contributed by atoms with Gasteiger partial charge >= 0.3 is 6.18 Å². The van der Waals surface area contributed by atoms with E-state index in [2.05, 4.69) is 10.3 Å². The molecule has 0 spiro atoms. The number of hydrogen-bond donors (Lipinski definition) is 1. The van der Waals surface area contributed by atoms with Crippen LogP contribution in [-0.2, 0) is 6.18 Å². The quantitative estimate of drug-likeness (QED) is 0.861. The predicted octanol–water partition coefficient (Wildman–Crippen LogP) is 3.84. The van der Waals surface area contributed by atoms with Crippen LogP contribution in [0.1, 0.15) is 42.5 Å². The van der Waals surface area contributed by atoms with Crippen molar-refractivity contribution in [1.29, 1.82) is 0 Å². The van der Waals surface area contributed by atoms with Crippen molar-refractivity contribution in [3.63, 3.8) is 0 Å². The molecule has 22 heavy (non-hydrogen) atoms. The number of halogens is 4. The van der Waals surface area contributed by atoms with Crippen molar-refractivity contribution in [2.45, 2.75) is 39.4 Å². The molecule has 0 aliphatic heterocycles. The van der Waals surface area contributed by atoms with Gasteiger partial charge in [-0.05, 0) is 33.8 Å². The number of imidazole rings is 1.